The van der Waals surface area contributed by atoms with Gasteiger partial charge in [0.2, 0.25) is 0 Å². The first-order valence-electron chi connectivity index (χ1n) is 6.97. The van der Waals surface area contributed by atoms with Crippen LogP contribution in [0.25, 0.3) is 0 Å². The molecular weight excluding hydrogens is 302 g/mol. The number of hydrogen-bond donors (Lipinski definition) is 0. The van der Waals surface area contributed by atoms with E-state index in [-0.39, 0.29) is 24.3 Å². The molecule has 0 radical (unpaired) electrons. The molecule has 0 heterocycles. The molecule has 0 aliphatic heterocycles. The fraction of sp³-hybridized carbons (Fsp3) is 0.929. The van der Waals surface area contributed by atoms with Gasteiger partial charge in [-0.25, -0.2) is 4.39 Å². The molecule has 0 fully saturated rings. The van der Waals surface area contributed by atoms with Crippen LogP contribution in [0.5, 0.6) is 0 Å². The maximum atomic E-state index is 13.7. The summed E-state index contributed by atoms with van der Waals surface area (Å²) in [6, 6.07) is -0.833. The number of aliphatic imine (C=N–C) groups is 1. The first kappa shape index (κ1) is 20.6. The molecule has 0 aliphatic rings. The van der Waals surface area contributed by atoms with Crippen LogP contribution in [0, 0.1) is 0 Å². The lowest BCUT2D eigenvalue weighted by molar-refractivity contribution is -0.0541. The third-order valence-corrected chi connectivity index (χ3v) is 8.10. The molecule has 0 saturated heterocycles. The van der Waals surface area contributed by atoms with Crippen molar-refractivity contribution in [2.75, 3.05) is 6.61 Å². The Morgan fingerprint density at radius 3 is 1.86 bits per heavy atom. The average Bonchev–Trinajstić information content (AvgIpc) is 2.17. The van der Waals surface area contributed by atoms with Gasteiger partial charge in [-0.3, -0.25) is 4.99 Å². The Morgan fingerprint density at radius 1 is 1.05 bits per heavy atom. The molecule has 126 valence electrons. The molecule has 1 atom stereocenters. The first-order chi connectivity index (χ1) is 9.04. The fourth-order valence-electron chi connectivity index (χ4n) is 1.43. The van der Waals surface area contributed by atoms with Crippen LogP contribution in [0.2, 0.25) is 18.1 Å². The Hall–Kier alpha value is -0.433. The van der Waals surface area contributed by atoms with Gasteiger partial charge in [0.1, 0.15) is 11.9 Å². The highest BCUT2D eigenvalue weighted by Gasteiger charge is 2.38. The number of nitrogens with zero attached hydrogens (tertiary/aromatic N) is 1. The molecule has 0 saturated carbocycles. The van der Waals surface area contributed by atoms with E-state index in [2.05, 4.69) is 4.99 Å². The molecule has 0 N–H and O–H groups in total. The van der Waals surface area contributed by atoms with Gasteiger partial charge in [-0.05, 0) is 32.0 Å². The molecule has 2 nitrogen and oxygen atoms in total. The van der Waals surface area contributed by atoms with Gasteiger partial charge < -0.3 is 4.43 Å². The highest BCUT2D eigenvalue weighted by atomic mass is 28.4. The Bertz CT molecular complexity index is 353. The van der Waals surface area contributed by atoms with Gasteiger partial charge in [0, 0.05) is 6.42 Å². The second-order valence-electron chi connectivity index (χ2n) is 7.47. The van der Waals surface area contributed by atoms with Gasteiger partial charge in [-0.1, -0.05) is 20.8 Å². The van der Waals surface area contributed by atoms with E-state index >= 15 is 0 Å². The van der Waals surface area contributed by atoms with Crippen molar-refractivity contribution in [3.8, 4) is 0 Å². The molecule has 0 amide bonds. The van der Waals surface area contributed by atoms with E-state index < -0.39 is 26.2 Å². The minimum atomic E-state index is -4.49. The highest BCUT2D eigenvalue weighted by Crippen LogP contribution is 2.37. The van der Waals surface area contributed by atoms with Crippen molar-refractivity contribution in [1.82, 2.24) is 0 Å². The van der Waals surface area contributed by atoms with Crippen LogP contribution in [0.3, 0.4) is 0 Å². The van der Waals surface area contributed by atoms with Crippen LogP contribution in [-0.2, 0) is 4.43 Å². The summed E-state index contributed by atoms with van der Waals surface area (Å²) in [4.78, 5) is 3.47. The SMILES string of the molecule is CC(C)(F)C[C@@H](CO[Si](C)(C)C(C)(C)C)N=CC(F)(F)F. The van der Waals surface area contributed by atoms with E-state index in [0.29, 0.717) is 0 Å². The number of halogens is 4. The molecule has 0 aromatic rings. The van der Waals surface area contributed by atoms with E-state index in [9.17, 15) is 17.6 Å². The molecule has 21 heavy (non-hydrogen) atoms. The van der Waals surface area contributed by atoms with Crippen molar-refractivity contribution >= 4 is 14.5 Å². The topological polar surface area (TPSA) is 21.6 Å². The third-order valence-electron chi connectivity index (χ3n) is 3.60. The minimum Gasteiger partial charge on any atom is -0.415 e. The quantitative estimate of drug-likeness (QED) is 0.375. The maximum absolute atomic E-state index is 13.7. The summed E-state index contributed by atoms with van der Waals surface area (Å²) < 4.78 is 56.3. The van der Waals surface area contributed by atoms with Crippen molar-refractivity contribution in [3.05, 3.63) is 0 Å². The summed E-state index contributed by atoms with van der Waals surface area (Å²) >= 11 is 0. The lowest BCUT2D eigenvalue weighted by atomic mass is 10.0. The van der Waals surface area contributed by atoms with Crippen molar-refractivity contribution in [2.24, 2.45) is 4.99 Å². The molecule has 0 rings (SSSR count). The Kier molecular flexibility index (Phi) is 6.63. The Morgan fingerprint density at radius 2 is 1.52 bits per heavy atom. The first-order valence-corrected chi connectivity index (χ1v) is 9.88. The zero-order valence-electron chi connectivity index (χ0n) is 13.9. The number of alkyl halides is 4. The molecular formula is C14H27F4NOSi. The van der Waals surface area contributed by atoms with Crippen molar-refractivity contribution in [1.29, 1.82) is 0 Å². The fourth-order valence-corrected chi connectivity index (χ4v) is 2.47. The summed E-state index contributed by atoms with van der Waals surface area (Å²) in [5, 5.41) is -0.0590. The average molecular weight is 329 g/mol. The standard InChI is InChI=1S/C14H27F4NOSi/c1-12(2,3)21(6,7)20-9-11(8-13(4,5)15)19-10-14(16,17)18/h10-11H,8-9H2,1-7H3/t11-/m0/s1. The predicted molar refractivity (Wildman–Crippen MR) is 81.3 cm³/mol. The summed E-state index contributed by atoms with van der Waals surface area (Å²) in [5.41, 5.74) is -1.59. The molecule has 0 aromatic heterocycles. The van der Waals surface area contributed by atoms with E-state index in [1.165, 1.54) is 13.8 Å². The van der Waals surface area contributed by atoms with E-state index in [0.717, 1.165) is 0 Å². The minimum absolute atomic E-state index is 0.0103. The van der Waals surface area contributed by atoms with E-state index in [4.69, 9.17) is 4.43 Å². The van der Waals surface area contributed by atoms with Crippen LogP contribution < -0.4 is 0 Å². The Balaban J connectivity index is 4.89. The summed E-state index contributed by atoms with van der Waals surface area (Å²) in [5.74, 6) is 0. The second-order valence-corrected chi connectivity index (χ2v) is 12.3. The van der Waals surface area contributed by atoms with Crippen LogP contribution >= 0.6 is 0 Å². The summed E-state index contributed by atoms with van der Waals surface area (Å²) in [6.45, 7) is 12.8. The Labute approximate surface area is 126 Å². The van der Waals surface area contributed by atoms with Gasteiger partial charge in [0.15, 0.2) is 8.32 Å². The number of rotatable bonds is 6. The van der Waals surface area contributed by atoms with Crippen molar-refractivity contribution < 1.29 is 22.0 Å². The molecule has 0 spiro atoms. The smallest absolute Gasteiger partial charge is 0.415 e. The van der Waals surface area contributed by atoms with Gasteiger partial charge in [-0.2, -0.15) is 13.2 Å². The van der Waals surface area contributed by atoms with Crippen LogP contribution in [0.15, 0.2) is 4.99 Å². The van der Waals surface area contributed by atoms with Gasteiger partial charge in [0.25, 0.3) is 0 Å². The molecule has 0 unspecified atom stereocenters. The van der Waals surface area contributed by atoms with Crippen LogP contribution in [0.4, 0.5) is 17.6 Å². The zero-order chi connectivity index (χ0) is 17.1. The van der Waals surface area contributed by atoms with Crippen LogP contribution in [0.1, 0.15) is 41.0 Å². The lowest BCUT2D eigenvalue weighted by Gasteiger charge is -2.37. The maximum Gasteiger partial charge on any atom is 0.426 e. The second kappa shape index (κ2) is 6.77. The van der Waals surface area contributed by atoms with Crippen molar-refractivity contribution in [3.63, 3.8) is 0 Å². The molecule has 0 bridgehead atoms. The third kappa shape index (κ3) is 9.24. The lowest BCUT2D eigenvalue weighted by Crippen LogP contribution is -2.43. The normalized spacial score (nSPS) is 16.5. The predicted octanol–water partition coefficient (Wildman–Crippen LogP) is 5.15. The molecule has 7 heteroatoms. The summed E-state index contributed by atoms with van der Waals surface area (Å²) in [6.07, 6.45) is -4.66. The zero-order valence-corrected chi connectivity index (χ0v) is 14.9. The summed E-state index contributed by atoms with van der Waals surface area (Å²) in [7, 11) is -2.10. The van der Waals surface area contributed by atoms with Crippen LogP contribution in [-0.4, -0.2) is 39.0 Å². The van der Waals surface area contributed by atoms with E-state index in [1.54, 1.807) is 0 Å². The largest absolute Gasteiger partial charge is 0.426 e. The molecule has 0 aromatic carbocycles. The van der Waals surface area contributed by atoms with Gasteiger partial charge in [0.05, 0.1) is 12.6 Å². The van der Waals surface area contributed by atoms with E-state index in [1.807, 2.05) is 33.9 Å². The molecule has 0 aliphatic carbocycles. The van der Waals surface area contributed by atoms with Crippen molar-refractivity contribution in [2.45, 2.75) is 77.1 Å². The van der Waals surface area contributed by atoms with Gasteiger partial charge >= 0.3 is 6.18 Å². The van der Waals surface area contributed by atoms with Gasteiger partial charge in [-0.15, -0.1) is 0 Å². The highest BCUT2D eigenvalue weighted by molar-refractivity contribution is 6.74. The monoisotopic (exact) mass is 329 g/mol. The number of hydrogen-bond acceptors (Lipinski definition) is 2.